The Labute approximate surface area is 214 Å². The predicted octanol–water partition coefficient (Wildman–Crippen LogP) is 4.84. The molecule has 1 aliphatic rings. The van der Waals surface area contributed by atoms with Gasteiger partial charge in [0.2, 0.25) is 0 Å². The SMILES string of the molecule is COc1cccc(CN(Cc2ccc(-n3cccn3)cc2)c2cccc(CN3CCN(C)CC3)c2)c1. The maximum absolute atomic E-state index is 5.48. The molecule has 0 radical (unpaired) electrons. The van der Waals surface area contributed by atoms with Gasteiger partial charge in [0.15, 0.2) is 0 Å². The van der Waals surface area contributed by atoms with E-state index in [-0.39, 0.29) is 0 Å². The summed E-state index contributed by atoms with van der Waals surface area (Å²) in [6.45, 7) is 7.12. The number of aromatic nitrogens is 2. The fourth-order valence-corrected chi connectivity index (χ4v) is 4.74. The summed E-state index contributed by atoms with van der Waals surface area (Å²) in [6, 6.07) is 28.0. The van der Waals surface area contributed by atoms with Crippen LogP contribution in [0.5, 0.6) is 5.75 Å². The van der Waals surface area contributed by atoms with Crippen molar-refractivity contribution in [3.05, 3.63) is 108 Å². The Morgan fingerprint density at radius 1 is 0.806 bits per heavy atom. The molecule has 1 aromatic heterocycles. The summed E-state index contributed by atoms with van der Waals surface area (Å²) >= 11 is 0. The van der Waals surface area contributed by atoms with E-state index < -0.39 is 0 Å². The molecular formula is C30H35N5O. The van der Waals surface area contributed by atoms with Gasteiger partial charge in [-0.3, -0.25) is 4.90 Å². The third-order valence-corrected chi connectivity index (χ3v) is 6.86. The highest BCUT2D eigenvalue weighted by Crippen LogP contribution is 2.24. The zero-order valence-corrected chi connectivity index (χ0v) is 21.3. The fourth-order valence-electron chi connectivity index (χ4n) is 4.74. The van der Waals surface area contributed by atoms with E-state index in [0.29, 0.717) is 0 Å². The second-order valence-electron chi connectivity index (χ2n) is 9.57. The predicted molar refractivity (Wildman–Crippen MR) is 146 cm³/mol. The van der Waals surface area contributed by atoms with E-state index in [1.54, 1.807) is 13.3 Å². The third kappa shape index (κ3) is 6.14. The van der Waals surface area contributed by atoms with Gasteiger partial charge in [-0.05, 0) is 66.2 Å². The molecule has 0 atom stereocenters. The Morgan fingerprint density at radius 2 is 1.56 bits per heavy atom. The zero-order chi connectivity index (χ0) is 24.7. The van der Waals surface area contributed by atoms with E-state index in [1.165, 1.54) is 22.4 Å². The molecule has 1 saturated heterocycles. The first-order chi connectivity index (χ1) is 17.7. The minimum Gasteiger partial charge on any atom is -0.497 e. The van der Waals surface area contributed by atoms with Gasteiger partial charge in [0.05, 0.1) is 12.8 Å². The summed E-state index contributed by atoms with van der Waals surface area (Å²) < 4.78 is 7.37. The first-order valence-electron chi connectivity index (χ1n) is 12.6. The van der Waals surface area contributed by atoms with Gasteiger partial charge in [-0.2, -0.15) is 5.10 Å². The van der Waals surface area contributed by atoms with E-state index in [1.807, 2.05) is 23.0 Å². The monoisotopic (exact) mass is 481 g/mol. The van der Waals surface area contributed by atoms with Crippen LogP contribution in [-0.4, -0.2) is 59.9 Å². The molecule has 186 valence electrons. The van der Waals surface area contributed by atoms with Crippen molar-refractivity contribution in [2.24, 2.45) is 0 Å². The van der Waals surface area contributed by atoms with Gasteiger partial charge in [-0.25, -0.2) is 4.68 Å². The van der Waals surface area contributed by atoms with Crippen LogP contribution in [-0.2, 0) is 19.6 Å². The van der Waals surface area contributed by atoms with Crippen LogP contribution < -0.4 is 9.64 Å². The number of rotatable bonds is 9. The van der Waals surface area contributed by atoms with Crippen molar-refractivity contribution in [2.45, 2.75) is 19.6 Å². The first-order valence-corrected chi connectivity index (χ1v) is 12.6. The molecule has 0 N–H and O–H groups in total. The van der Waals surface area contributed by atoms with E-state index in [2.05, 4.69) is 93.6 Å². The smallest absolute Gasteiger partial charge is 0.119 e. The van der Waals surface area contributed by atoms with Gasteiger partial charge in [0.1, 0.15) is 5.75 Å². The lowest BCUT2D eigenvalue weighted by molar-refractivity contribution is 0.148. The van der Waals surface area contributed by atoms with Gasteiger partial charge >= 0.3 is 0 Å². The summed E-state index contributed by atoms with van der Waals surface area (Å²) in [6.07, 6.45) is 3.77. The number of anilines is 1. The Kier molecular flexibility index (Phi) is 7.64. The molecule has 0 unspecified atom stereocenters. The molecule has 1 aliphatic heterocycles. The minimum atomic E-state index is 0.802. The van der Waals surface area contributed by atoms with Crippen molar-refractivity contribution in [1.82, 2.24) is 19.6 Å². The van der Waals surface area contributed by atoms with Gasteiger partial charge in [-0.15, -0.1) is 0 Å². The van der Waals surface area contributed by atoms with Crippen molar-refractivity contribution >= 4 is 5.69 Å². The molecule has 6 heteroatoms. The summed E-state index contributed by atoms with van der Waals surface area (Å²) in [5.41, 5.74) is 6.16. The van der Waals surface area contributed by atoms with Crippen LogP contribution in [0, 0.1) is 0 Å². The average molecular weight is 482 g/mol. The third-order valence-electron chi connectivity index (χ3n) is 6.86. The van der Waals surface area contributed by atoms with Crippen molar-refractivity contribution in [3.63, 3.8) is 0 Å². The maximum atomic E-state index is 5.48. The molecule has 0 spiro atoms. The van der Waals surface area contributed by atoms with Crippen LogP contribution in [0.2, 0.25) is 0 Å². The van der Waals surface area contributed by atoms with Crippen LogP contribution in [0.1, 0.15) is 16.7 Å². The van der Waals surface area contributed by atoms with Crippen LogP contribution in [0.3, 0.4) is 0 Å². The molecule has 5 rings (SSSR count). The molecule has 6 nitrogen and oxygen atoms in total. The highest BCUT2D eigenvalue weighted by atomic mass is 16.5. The lowest BCUT2D eigenvalue weighted by Gasteiger charge is -2.32. The standard InChI is InChI=1S/C30H35N5O/c1-32-16-18-33(19-17-32)22-26-6-3-8-29(20-26)34(24-27-7-4-9-30(21-27)36-2)23-25-10-12-28(13-11-25)35-15-5-14-31-35/h3-15,20-21H,16-19,22-24H2,1-2H3. The second kappa shape index (κ2) is 11.4. The molecule has 0 bridgehead atoms. The van der Waals surface area contributed by atoms with E-state index in [4.69, 9.17) is 4.74 Å². The summed E-state index contributed by atoms with van der Waals surface area (Å²) in [4.78, 5) is 7.41. The van der Waals surface area contributed by atoms with Crippen molar-refractivity contribution in [1.29, 1.82) is 0 Å². The summed E-state index contributed by atoms with van der Waals surface area (Å²) in [5, 5.41) is 4.35. The number of nitrogens with zero attached hydrogens (tertiary/aromatic N) is 5. The molecule has 0 aliphatic carbocycles. The Bertz CT molecular complexity index is 1230. The van der Waals surface area contributed by atoms with E-state index in [0.717, 1.165) is 57.3 Å². The Balaban J connectivity index is 1.37. The molecule has 3 aromatic carbocycles. The first kappa shape index (κ1) is 24.1. The number of piperazine rings is 1. The fraction of sp³-hybridized carbons (Fsp3) is 0.300. The van der Waals surface area contributed by atoms with E-state index in [9.17, 15) is 0 Å². The Hall–Kier alpha value is -3.61. The van der Waals surface area contributed by atoms with Crippen LogP contribution >= 0.6 is 0 Å². The quantitative estimate of drug-likeness (QED) is 0.342. The highest BCUT2D eigenvalue weighted by Gasteiger charge is 2.15. The molecule has 0 saturated carbocycles. The number of benzene rings is 3. The topological polar surface area (TPSA) is 36.8 Å². The maximum Gasteiger partial charge on any atom is 0.119 e. The van der Waals surface area contributed by atoms with Gasteiger partial charge < -0.3 is 14.5 Å². The molecular weight excluding hydrogens is 446 g/mol. The largest absolute Gasteiger partial charge is 0.497 e. The minimum absolute atomic E-state index is 0.802. The number of likely N-dealkylation sites (N-methyl/N-ethyl adjacent to an activating group) is 1. The number of methoxy groups -OCH3 is 1. The van der Waals surface area contributed by atoms with Crippen molar-refractivity contribution < 1.29 is 4.74 Å². The van der Waals surface area contributed by atoms with Crippen LogP contribution in [0.25, 0.3) is 5.69 Å². The molecule has 2 heterocycles. The molecule has 0 amide bonds. The zero-order valence-electron chi connectivity index (χ0n) is 21.3. The second-order valence-corrected chi connectivity index (χ2v) is 9.57. The van der Waals surface area contributed by atoms with Gasteiger partial charge in [0.25, 0.3) is 0 Å². The molecule has 4 aromatic rings. The van der Waals surface area contributed by atoms with Gasteiger partial charge in [0, 0.05) is 63.9 Å². The normalized spacial score (nSPS) is 14.6. The average Bonchev–Trinajstić information content (AvgIpc) is 3.46. The number of hydrogen-bond acceptors (Lipinski definition) is 5. The van der Waals surface area contributed by atoms with Crippen molar-refractivity contribution in [3.8, 4) is 11.4 Å². The summed E-state index contributed by atoms with van der Waals surface area (Å²) in [7, 11) is 3.93. The van der Waals surface area contributed by atoms with Crippen LogP contribution in [0.4, 0.5) is 5.69 Å². The lowest BCUT2D eigenvalue weighted by Crippen LogP contribution is -2.43. The lowest BCUT2D eigenvalue weighted by atomic mass is 10.1. The molecule has 36 heavy (non-hydrogen) atoms. The highest BCUT2D eigenvalue weighted by molar-refractivity contribution is 5.50. The van der Waals surface area contributed by atoms with Crippen molar-refractivity contribution in [2.75, 3.05) is 45.2 Å². The number of ether oxygens (including phenoxy) is 1. The summed E-state index contributed by atoms with van der Waals surface area (Å²) in [5.74, 6) is 0.889. The van der Waals surface area contributed by atoms with Crippen LogP contribution in [0.15, 0.2) is 91.3 Å². The van der Waals surface area contributed by atoms with Gasteiger partial charge in [-0.1, -0.05) is 36.4 Å². The Morgan fingerprint density at radius 3 is 2.31 bits per heavy atom. The molecule has 1 fully saturated rings. The number of hydrogen-bond donors (Lipinski definition) is 0. The van der Waals surface area contributed by atoms with E-state index >= 15 is 0 Å².